The molecule has 0 aliphatic rings. The zero-order chi connectivity index (χ0) is 13.9. The molecule has 0 aliphatic heterocycles. The van der Waals surface area contributed by atoms with Gasteiger partial charge in [0, 0.05) is 24.1 Å². The molecule has 6 heteroatoms. The lowest BCUT2D eigenvalue weighted by molar-refractivity contribution is 0.271. The number of rotatable bonds is 5. The van der Waals surface area contributed by atoms with Gasteiger partial charge in [-0.3, -0.25) is 4.72 Å². The maximum atomic E-state index is 12.2. The average Bonchev–Trinajstić information content (AvgIpc) is 2.83. The average molecular weight is 280 g/mol. The van der Waals surface area contributed by atoms with Gasteiger partial charge in [-0.2, -0.15) is 0 Å². The summed E-state index contributed by atoms with van der Waals surface area (Å²) < 4.78 is 28.6. The minimum Gasteiger partial charge on any atom is -0.390 e. The van der Waals surface area contributed by atoms with E-state index in [1.54, 1.807) is 28.8 Å². The number of sulfonamides is 1. The van der Waals surface area contributed by atoms with Gasteiger partial charge < -0.3 is 9.67 Å². The van der Waals surface area contributed by atoms with Crippen LogP contribution in [0.5, 0.6) is 0 Å². The van der Waals surface area contributed by atoms with Gasteiger partial charge in [-0.05, 0) is 25.1 Å². The minimum absolute atomic E-state index is 0.155. The Hall–Kier alpha value is -1.79. The molecule has 0 bridgehead atoms. The lowest BCUT2D eigenvalue weighted by Gasteiger charge is -2.05. The third kappa shape index (κ3) is 2.97. The Morgan fingerprint density at radius 2 is 1.95 bits per heavy atom. The van der Waals surface area contributed by atoms with E-state index in [1.165, 1.54) is 12.3 Å². The van der Waals surface area contributed by atoms with Gasteiger partial charge in [0.05, 0.1) is 6.61 Å². The molecule has 19 heavy (non-hydrogen) atoms. The molecule has 0 spiro atoms. The summed E-state index contributed by atoms with van der Waals surface area (Å²) in [6.07, 6.45) is 1.52. The maximum Gasteiger partial charge on any atom is 0.263 e. The maximum absolute atomic E-state index is 12.2. The highest BCUT2D eigenvalue weighted by molar-refractivity contribution is 7.92. The molecule has 1 aromatic heterocycles. The van der Waals surface area contributed by atoms with Gasteiger partial charge in [-0.1, -0.05) is 18.2 Å². The van der Waals surface area contributed by atoms with Crippen molar-refractivity contribution in [1.82, 2.24) is 4.57 Å². The molecular formula is C13H16N2O3S. The fourth-order valence-corrected chi connectivity index (χ4v) is 2.94. The van der Waals surface area contributed by atoms with Crippen molar-refractivity contribution >= 4 is 15.7 Å². The van der Waals surface area contributed by atoms with Crippen LogP contribution in [-0.4, -0.2) is 18.1 Å². The van der Waals surface area contributed by atoms with E-state index < -0.39 is 10.0 Å². The number of hydrogen-bond acceptors (Lipinski definition) is 3. The van der Waals surface area contributed by atoms with Gasteiger partial charge in [0.1, 0.15) is 4.90 Å². The van der Waals surface area contributed by atoms with Crippen LogP contribution in [0, 0.1) is 0 Å². The summed E-state index contributed by atoms with van der Waals surface area (Å²) >= 11 is 0. The normalized spacial score (nSPS) is 11.5. The Morgan fingerprint density at radius 3 is 2.47 bits per heavy atom. The van der Waals surface area contributed by atoms with Crippen molar-refractivity contribution in [3.05, 3.63) is 48.3 Å². The summed E-state index contributed by atoms with van der Waals surface area (Å²) in [7, 11) is -3.62. The number of hydrogen-bond donors (Lipinski definition) is 2. The zero-order valence-corrected chi connectivity index (χ0v) is 11.4. The van der Waals surface area contributed by atoms with Crippen LogP contribution in [0.4, 0.5) is 5.69 Å². The molecule has 0 aliphatic carbocycles. The first-order valence-electron chi connectivity index (χ1n) is 5.94. The Balaban J connectivity index is 2.32. The van der Waals surface area contributed by atoms with Crippen molar-refractivity contribution < 1.29 is 13.5 Å². The number of para-hydroxylation sites is 1. The molecule has 0 saturated heterocycles. The van der Waals surface area contributed by atoms with Crippen LogP contribution in [0.2, 0.25) is 0 Å². The molecule has 2 rings (SSSR count). The number of aliphatic hydroxyl groups is 1. The molecule has 2 aromatic rings. The monoisotopic (exact) mass is 280 g/mol. The van der Waals surface area contributed by atoms with Crippen LogP contribution in [0.1, 0.15) is 12.6 Å². The minimum atomic E-state index is -3.62. The molecule has 0 radical (unpaired) electrons. The third-order valence-corrected chi connectivity index (χ3v) is 4.15. The molecule has 0 atom stereocenters. The summed E-state index contributed by atoms with van der Waals surface area (Å²) in [4.78, 5) is 0.155. The zero-order valence-electron chi connectivity index (χ0n) is 10.6. The van der Waals surface area contributed by atoms with Crippen molar-refractivity contribution in [1.29, 1.82) is 0 Å². The second-order valence-corrected chi connectivity index (χ2v) is 5.77. The van der Waals surface area contributed by atoms with E-state index in [-0.39, 0.29) is 11.5 Å². The number of aryl methyl sites for hydroxylation is 1. The molecule has 1 aromatic carbocycles. The van der Waals surface area contributed by atoms with Gasteiger partial charge in [0.25, 0.3) is 10.0 Å². The number of aromatic nitrogens is 1. The van der Waals surface area contributed by atoms with Crippen molar-refractivity contribution in [2.45, 2.75) is 25.0 Å². The van der Waals surface area contributed by atoms with Crippen LogP contribution in [0.3, 0.4) is 0 Å². The second-order valence-electron chi connectivity index (χ2n) is 4.08. The fraction of sp³-hybridized carbons (Fsp3) is 0.231. The standard InChI is InChI=1S/C13H16N2O3S/c1-2-15-9-13(8-12(15)10-16)19(17,18)14-11-6-4-3-5-7-11/h3-9,14,16H,2,10H2,1H3. The van der Waals surface area contributed by atoms with Crippen LogP contribution < -0.4 is 4.72 Å². The van der Waals surface area contributed by atoms with Crippen LogP contribution >= 0.6 is 0 Å². The Bertz CT molecular complexity index is 626. The largest absolute Gasteiger partial charge is 0.390 e. The Morgan fingerprint density at radius 1 is 1.26 bits per heavy atom. The first kappa shape index (κ1) is 13.6. The summed E-state index contributed by atoms with van der Waals surface area (Å²) in [5.74, 6) is 0. The van der Waals surface area contributed by atoms with E-state index in [0.29, 0.717) is 17.9 Å². The van der Waals surface area contributed by atoms with Crippen molar-refractivity contribution in [2.24, 2.45) is 0 Å². The Labute approximate surface area is 112 Å². The number of aliphatic hydroxyl groups excluding tert-OH is 1. The fourth-order valence-electron chi connectivity index (χ4n) is 1.82. The smallest absolute Gasteiger partial charge is 0.263 e. The Kier molecular flexibility index (Phi) is 3.92. The first-order valence-corrected chi connectivity index (χ1v) is 7.43. The van der Waals surface area contributed by atoms with Crippen molar-refractivity contribution in [3.8, 4) is 0 Å². The highest BCUT2D eigenvalue weighted by Crippen LogP contribution is 2.18. The van der Waals surface area contributed by atoms with Gasteiger partial charge in [0.15, 0.2) is 0 Å². The molecule has 5 nitrogen and oxygen atoms in total. The number of nitrogens with zero attached hydrogens (tertiary/aromatic N) is 1. The molecule has 102 valence electrons. The molecule has 2 N–H and O–H groups in total. The highest BCUT2D eigenvalue weighted by Gasteiger charge is 2.17. The summed E-state index contributed by atoms with van der Waals surface area (Å²) in [5, 5.41) is 9.18. The number of benzene rings is 1. The molecule has 0 saturated carbocycles. The lowest BCUT2D eigenvalue weighted by Crippen LogP contribution is -2.12. The van der Waals surface area contributed by atoms with E-state index in [4.69, 9.17) is 0 Å². The predicted molar refractivity (Wildman–Crippen MR) is 73.3 cm³/mol. The highest BCUT2D eigenvalue weighted by atomic mass is 32.2. The quantitative estimate of drug-likeness (QED) is 0.877. The van der Waals surface area contributed by atoms with Gasteiger partial charge in [-0.25, -0.2) is 8.42 Å². The van der Waals surface area contributed by atoms with Crippen molar-refractivity contribution in [2.75, 3.05) is 4.72 Å². The predicted octanol–water partition coefficient (Wildman–Crippen LogP) is 1.80. The topological polar surface area (TPSA) is 71.3 Å². The summed E-state index contributed by atoms with van der Waals surface area (Å²) in [6.45, 7) is 2.31. The number of anilines is 1. The van der Waals surface area contributed by atoms with E-state index >= 15 is 0 Å². The van der Waals surface area contributed by atoms with Gasteiger partial charge in [0.2, 0.25) is 0 Å². The lowest BCUT2D eigenvalue weighted by atomic mass is 10.3. The van der Waals surface area contributed by atoms with E-state index in [9.17, 15) is 13.5 Å². The first-order chi connectivity index (χ1) is 9.06. The molecule has 1 heterocycles. The van der Waals surface area contributed by atoms with Crippen LogP contribution in [-0.2, 0) is 23.2 Å². The van der Waals surface area contributed by atoms with E-state index in [0.717, 1.165) is 0 Å². The summed E-state index contributed by atoms with van der Waals surface area (Å²) in [6, 6.07) is 10.2. The molecule has 0 unspecified atom stereocenters. The SMILES string of the molecule is CCn1cc(S(=O)(=O)Nc2ccccc2)cc1CO. The van der Waals surface area contributed by atoms with E-state index in [2.05, 4.69) is 4.72 Å². The third-order valence-electron chi connectivity index (χ3n) is 2.80. The molecular weight excluding hydrogens is 264 g/mol. The van der Waals surface area contributed by atoms with Crippen LogP contribution in [0.15, 0.2) is 47.5 Å². The van der Waals surface area contributed by atoms with Gasteiger partial charge in [-0.15, -0.1) is 0 Å². The molecule has 0 amide bonds. The van der Waals surface area contributed by atoms with Crippen molar-refractivity contribution in [3.63, 3.8) is 0 Å². The number of nitrogens with one attached hydrogen (secondary N) is 1. The van der Waals surface area contributed by atoms with E-state index in [1.807, 2.05) is 13.0 Å². The summed E-state index contributed by atoms with van der Waals surface area (Å²) in [5.41, 5.74) is 1.09. The molecule has 0 fully saturated rings. The van der Waals surface area contributed by atoms with Gasteiger partial charge >= 0.3 is 0 Å². The van der Waals surface area contributed by atoms with Crippen LogP contribution in [0.25, 0.3) is 0 Å². The second kappa shape index (κ2) is 5.46.